The number of anilines is 3. The van der Waals surface area contributed by atoms with E-state index < -0.39 is 0 Å². The molecule has 0 aliphatic rings. The van der Waals surface area contributed by atoms with E-state index in [0.717, 1.165) is 61.3 Å². The number of para-hydroxylation sites is 1. The summed E-state index contributed by atoms with van der Waals surface area (Å²) in [5.74, 6) is 0. The second-order valence-electron chi connectivity index (χ2n) is 17.2. The van der Waals surface area contributed by atoms with Gasteiger partial charge in [0.15, 0.2) is 0 Å². The summed E-state index contributed by atoms with van der Waals surface area (Å²) in [6.07, 6.45) is 0. The summed E-state index contributed by atoms with van der Waals surface area (Å²) in [6.45, 7) is 0. The topological polar surface area (TPSA) is 16.4 Å². The SMILES string of the molecule is c1ccc(-c2ccc(-c3ccc(N(c4cccc(-c5cc6ccccc6c6ccccc56)c4)c4ccc(-c5cc6ccccc6c6ccccc56)c5oc6ccccc6c45)cc3)cc2)cc1. The molecule has 13 rings (SSSR count). The fourth-order valence-electron chi connectivity index (χ4n) is 10.3. The fraction of sp³-hybridized carbons (Fsp3) is 0. The summed E-state index contributed by atoms with van der Waals surface area (Å²) in [4.78, 5) is 2.42. The first-order valence-electron chi connectivity index (χ1n) is 22.7. The van der Waals surface area contributed by atoms with Gasteiger partial charge in [-0.25, -0.2) is 0 Å². The number of rotatable bonds is 7. The summed E-state index contributed by atoms with van der Waals surface area (Å²) >= 11 is 0. The van der Waals surface area contributed by atoms with Crippen LogP contribution in [-0.2, 0) is 0 Å². The van der Waals surface area contributed by atoms with Crippen LogP contribution in [0.15, 0.2) is 253 Å². The van der Waals surface area contributed by atoms with Gasteiger partial charge < -0.3 is 9.32 Å². The van der Waals surface area contributed by atoms with Gasteiger partial charge in [-0.2, -0.15) is 0 Å². The number of hydrogen-bond acceptors (Lipinski definition) is 2. The van der Waals surface area contributed by atoms with Crippen molar-refractivity contribution in [1.82, 2.24) is 0 Å². The zero-order valence-electron chi connectivity index (χ0n) is 36.0. The monoisotopic (exact) mass is 839 g/mol. The van der Waals surface area contributed by atoms with Crippen LogP contribution in [0, 0.1) is 0 Å². The quantitative estimate of drug-likeness (QED) is 0.149. The first-order chi connectivity index (χ1) is 32.7. The van der Waals surface area contributed by atoms with Crippen LogP contribution in [0.1, 0.15) is 0 Å². The first-order valence-corrected chi connectivity index (χ1v) is 22.7. The Balaban J connectivity index is 1.03. The van der Waals surface area contributed by atoms with Crippen molar-refractivity contribution in [3.8, 4) is 44.5 Å². The van der Waals surface area contributed by atoms with Crippen LogP contribution >= 0.6 is 0 Å². The van der Waals surface area contributed by atoms with Gasteiger partial charge in [-0.1, -0.05) is 194 Å². The molecule has 2 heteroatoms. The van der Waals surface area contributed by atoms with Crippen molar-refractivity contribution in [2.45, 2.75) is 0 Å². The lowest BCUT2D eigenvalue weighted by Crippen LogP contribution is -2.10. The van der Waals surface area contributed by atoms with Gasteiger partial charge in [-0.15, -0.1) is 0 Å². The normalized spacial score (nSPS) is 11.6. The molecule has 0 N–H and O–H groups in total. The summed E-state index contributed by atoms with van der Waals surface area (Å²) in [5, 5.41) is 12.0. The predicted molar refractivity (Wildman–Crippen MR) is 280 cm³/mol. The number of furan rings is 1. The van der Waals surface area contributed by atoms with E-state index in [2.05, 4.69) is 254 Å². The van der Waals surface area contributed by atoms with Crippen LogP contribution in [0.4, 0.5) is 17.1 Å². The Morgan fingerprint density at radius 3 is 1.41 bits per heavy atom. The Bertz CT molecular complexity index is 3980. The molecular formula is C64H41NO. The van der Waals surface area contributed by atoms with Crippen molar-refractivity contribution in [2.24, 2.45) is 0 Å². The molecule has 66 heavy (non-hydrogen) atoms. The highest BCUT2D eigenvalue weighted by atomic mass is 16.3. The zero-order valence-corrected chi connectivity index (χ0v) is 36.0. The van der Waals surface area contributed by atoms with E-state index in [0.29, 0.717) is 0 Å². The van der Waals surface area contributed by atoms with E-state index >= 15 is 0 Å². The highest BCUT2D eigenvalue weighted by Gasteiger charge is 2.24. The van der Waals surface area contributed by atoms with Crippen LogP contribution in [0.5, 0.6) is 0 Å². The molecular weight excluding hydrogens is 799 g/mol. The summed E-state index contributed by atoms with van der Waals surface area (Å²) in [5.41, 5.74) is 14.2. The smallest absolute Gasteiger partial charge is 0.145 e. The summed E-state index contributed by atoms with van der Waals surface area (Å²) < 4.78 is 7.04. The number of fused-ring (bicyclic) bond motifs is 9. The molecule has 0 bridgehead atoms. The van der Waals surface area contributed by atoms with Crippen molar-refractivity contribution < 1.29 is 4.42 Å². The van der Waals surface area contributed by atoms with Gasteiger partial charge in [0, 0.05) is 22.3 Å². The Kier molecular flexibility index (Phi) is 8.89. The average Bonchev–Trinajstić information content (AvgIpc) is 3.79. The lowest BCUT2D eigenvalue weighted by molar-refractivity contribution is 0.670. The maximum Gasteiger partial charge on any atom is 0.145 e. The lowest BCUT2D eigenvalue weighted by Gasteiger charge is -2.27. The van der Waals surface area contributed by atoms with Gasteiger partial charge in [-0.05, 0) is 137 Å². The minimum atomic E-state index is 0.858. The van der Waals surface area contributed by atoms with Crippen molar-refractivity contribution in [1.29, 1.82) is 0 Å². The second-order valence-corrected chi connectivity index (χ2v) is 17.2. The molecule has 0 unspecified atom stereocenters. The highest BCUT2D eigenvalue weighted by molar-refractivity contribution is 6.21. The van der Waals surface area contributed by atoms with Gasteiger partial charge in [0.2, 0.25) is 0 Å². The lowest BCUT2D eigenvalue weighted by atomic mass is 9.91. The molecule has 0 saturated carbocycles. The molecule has 0 fully saturated rings. The largest absolute Gasteiger partial charge is 0.455 e. The molecule has 0 atom stereocenters. The van der Waals surface area contributed by atoms with Gasteiger partial charge >= 0.3 is 0 Å². The van der Waals surface area contributed by atoms with Gasteiger partial charge in [-0.3, -0.25) is 0 Å². The maximum atomic E-state index is 7.04. The molecule has 13 aromatic rings. The Hall–Kier alpha value is -8.72. The number of benzene rings is 12. The van der Waals surface area contributed by atoms with E-state index in [1.165, 1.54) is 65.3 Å². The molecule has 0 aliphatic heterocycles. The molecule has 0 aliphatic carbocycles. The van der Waals surface area contributed by atoms with Crippen LogP contribution in [0.25, 0.3) is 110 Å². The molecule has 0 amide bonds. The third-order valence-corrected chi connectivity index (χ3v) is 13.4. The molecule has 0 radical (unpaired) electrons. The van der Waals surface area contributed by atoms with E-state index in [-0.39, 0.29) is 0 Å². The summed E-state index contributed by atoms with van der Waals surface area (Å²) in [7, 11) is 0. The molecule has 308 valence electrons. The van der Waals surface area contributed by atoms with Crippen molar-refractivity contribution in [3.63, 3.8) is 0 Å². The standard InChI is InChI=1S/C64H41NO/c1-2-15-42(16-3-1)43-29-31-44(32-30-43)45-33-35-49(36-34-45)65(50-20-14-19-46(39-50)59-40-47-17-4-6-21-51(47)53-23-8-10-25-55(53)59)61-38-37-57(64-63(61)58-27-12-13-28-62(58)66-64)60-41-48-18-5-7-22-52(48)54-24-9-11-26-56(54)60/h1-41H. The summed E-state index contributed by atoms with van der Waals surface area (Å²) in [6, 6.07) is 90.2. The van der Waals surface area contributed by atoms with Crippen LogP contribution < -0.4 is 4.90 Å². The third kappa shape index (κ3) is 6.26. The maximum absolute atomic E-state index is 7.04. The molecule has 2 nitrogen and oxygen atoms in total. The molecule has 0 saturated heterocycles. The minimum Gasteiger partial charge on any atom is -0.455 e. The Morgan fingerprint density at radius 2 is 0.758 bits per heavy atom. The number of hydrogen-bond donors (Lipinski definition) is 0. The van der Waals surface area contributed by atoms with Crippen LogP contribution in [0.3, 0.4) is 0 Å². The molecule has 1 heterocycles. The van der Waals surface area contributed by atoms with Crippen molar-refractivity contribution in [3.05, 3.63) is 249 Å². The van der Waals surface area contributed by atoms with E-state index in [1.54, 1.807) is 0 Å². The minimum absolute atomic E-state index is 0.858. The fourth-order valence-corrected chi connectivity index (χ4v) is 10.3. The highest BCUT2D eigenvalue weighted by Crippen LogP contribution is 2.49. The Labute approximate surface area is 382 Å². The van der Waals surface area contributed by atoms with Crippen LogP contribution in [0.2, 0.25) is 0 Å². The zero-order chi connectivity index (χ0) is 43.6. The van der Waals surface area contributed by atoms with Gasteiger partial charge in [0.05, 0.1) is 11.1 Å². The van der Waals surface area contributed by atoms with Gasteiger partial charge in [0.25, 0.3) is 0 Å². The van der Waals surface area contributed by atoms with Crippen molar-refractivity contribution >= 4 is 82.1 Å². The molecule has 12 aromatic carbocycles. The van der Waals surface area contributed by atoms with E-state index in [1.807, 2.05) is 0 Å². The average molecular weight is 840 g/mol. The second kappa shape index (κ2) is 15.5. The van der Waals surface area contributed by atoms with Gasteiger partial charge in [0.1, 0.15) is 11.2 Å². The van der Waals surface area contributed by atoms with E-state index in [4.69, 9.17) is 4.42 Å². The van der Waals surface area contributed by atoms with Crippen LogP contribution in [-0.4, -0.2) is 0 Å². The van der Waals surface area contributed by atoms with Crippen molar-refractivity contribution in [2.75, 3.05) is 4.90 Å². The first kappa shape index (κ1) is 37.8. The molecule has 0 spiro atoms. The predicted octanol–water partition coefficient (Wildman–Crippen LogP) is 18.3. The Morgan fingerprint density at radius 1 is 0.273 bits per heavy atom. The third-order valence-electron chi connectivity index (χ3n) is 13.4. The number of nitrogens with zero attached hydrogens (tertiary/aromatic N) is 1. The molecule has 1 aromatic heterocycles. The van der Waals surface area contributed by atoms with E-state index in [9.17, 15) is 0 Å².